The largest absolute Gasteiger partial charge is 0.345 e. The SMILES string of the molecule is Cc1cc(C)c(-c2csc(N3CCN(S(=O)(=O)c4ccccc4Cl)CC3)n2)c(C)c1. The Bertz CT molecular complexity index is 1160. The molecule has 8 heteroatoms. The van der Waals surface area contributed by atoms with Crippen LogP contribution in [0.25, 0.3) is 11.3 Å². The first-order chi connectivity index (χ1) is 14.3. The van der Waals surface area contributed by atoms with Gasteiger partial charge in [0, 0.05) is 37.1 Å². The quantitative estimate of drug-likeness (QED) is 0.554. The van der Waals surface area contributed by atoms with Gasteiger partial charge in [0.15, 0.2) is 5.13 Å². The molecule has 30 heavy (non-hydrogen) atoms. The van der Waals surface area contributed by atoms with E-state index >= 15 is 0 Å². The Labute approximate surface area is 187 Å². The summed E-state index contributed by atoms with van der Waals surface area (Å²) in [7, 11) is -3.59. The maximum Gasteiger partial charge on any atom is 0.244 e. The zero-order valence-electron chi connectivity index (χ0n) is 17.2. The monoisotopic (exact) mass is 461 g/mol. The minimum atomic E-state index is -3.59. The van der Waals surface area contributed by atoms with Gasteiger partial charge in [-0.05, 0) is 44.0 Å². The molecule has 1 fully saturated rings. The summed E-state index contributed by atoms with van der Waals surface area (Å²) in [6.07, 6.45) is 0. The van der Waals surface area contributed by atoms with Crippen LogP contribution in [0.1, 0.15) is 16.7 Å². The van der Waals surface area contributed by atoms with E-state index in [0.29, 0.717) is 26.2 Å². The summed E-state index contributed by atoms with van der Waals surface area (Å²) in [4.78, 5) is 7.20. The van der Waals surface area contributed by atoms with E-state index in [1.165, 1.54) is 26.6 Å². The van der Waals surface area contributed by atoms with Crippen LogP contribution in [-0.4, -0.2) is 43.9 Å². The number of thiazole rings is 1. The molecule has 1 saturated heterocycles. The summed E-state index contributed by atoms with van der Waals surface area (Å²) >= 11 is 7.73. The third-order valence-electron chi connectivity index (χ3n) is 5.39. The number of aromatic nitrogens is 1. The molecular formula is C22H24ClN3O2S2. The van der Waals surface area contributed by atoms with Crippen LogP contribution in [-0.2, 0) is 10.0 Å². The maximum absolute atomic E-state index is 13.0. The molecule has 2 aromatic carbocycles. The fraction of sp³-hybridized carbons (Fsp3) is 0.318. The van der Waals surface area contributed by atoms with Gasteiger partial charge in [0.2, 0.25) is 10.0 Å². The molecule has 0 radical (unpaired) electrons. The molecule has 0 atom stereocenters. The average molecular weight is 462 g/mol. The Hall–Kier alpha value is -1.93. The Kier molecular flexibility index (Phi) is 5.90. The minimum Gasteiger partial charge on any atom is -0.345 e. The maximum atomic E-state index is 13.0. The summed E-state index contributed by atoms with van der Waals surface area (Å²) < 4.78 is 27.4. The Morgan fingerprint density at radius 2 is 1.63 bits per heavy atom. The van der Waals surface area contributed by atoms with Crippen LogP contribution in [0.4, 0.5) is 5.13 Å². The Balaban J connectivity index is 1.50. The van der Waals surface area contributed by atoms with E-state index in [2.05, 4.69) is 43.2 Å². The van der Waals surface area contributed by atoms with E-state index in [4.69, 9.17) is 16.6 Å². The fourth-order valence-corrected chi connectivity index (χ4v) is 6.81. The van der Waals surface area contributed by atoms with Crippen molar-refractivity contribution in [3.05, 3.63) is 63.5 Å². The number of benzene rings is 2. The van der Waals surface area contributed by atoms with E-state index in [9.17, 15) is 8.42 Å². The minimum absolute atomic E-state index is 0.168. The van der Waals surface area contributed by atoms with Crippen molar-refractivity contribution in [1.29, 1.82) is 0 Å². The predicted molar refractivity (Wildman–Crippen MR) is 124 cm³/mol. The zero-order chi connectivity index (χ0) is 21.5. The number of aryl methyl sites for hydroxylation is 3. The molecule has 1 aliphatic rings. The van der Waals surface area contributed by atoms with Crippen LogP contribution < -0.4 is 4.90 Å². The summed E-state index contributed by atoms with van der Waals surface area (Å²) in [5.41, 5.74) is 5.86. The van der Waals surface area contributed by atoms with Crippen LogP contribution in [0.15, 0.2) is 46.7 Å². The molecule has 0 saturated carbocycles. The van der Waals surface area contributed by atoms with Gasteiger partial charge in [-0.2, -0.15) is 4.31 Å². The van der Waals surface area contributed by atoms with E-state index in [0.717, 1.165) is 10.8 Å². The molecule has 3 aromatic rings. The second-order valence-electron chi connectivity index (χ2n) is 7.61. The van der Waals surface area contributed by atoms with E-state index < -0.39 is 10.0 Å². The average Bonchev–Trinajstić information content (AvgIpc) is 3.17. The molecule has 0 N–H and O–H groups in total. The molecule has 0 spiro atoms. The number of hydrogen-bond donors (Lipinski definition) is 0. The van der Waals surface area contributed by atoms with Gasteiger partial charge in [-0.1, -0.05) is 41.4 Å². The summed E-state index contributed by atoms with van der Waals surface area (Å²) in [6.45, 7) is 8.35. The standard InChI is InChI=1S/C22H24ClN3O2S2/c1-15-12-16(2)21(17(3)13-15)19-14-29-22(24-19)25-8-10-26(11-9-25)30(27,28)20-7-5-4-6-18(20)23/h4-7,12-14H,8-11H2,1-3H3. The number of rotatable bonds is 4. The molecule has 1 aromatic heterocycles. The highest BCUT2D eigenvalue weighted by Crippen LogP contribution is 2.33. The van der Waals surface area contributed by atoms with Gasteiger partial charge in [-0.3, -0.25) is 0 Å². The lowest BCUT2D eigenvalue weighted by molar-refractivity contribution is 0.385. The molecule has 0 unspecified atom stereocenters. The Morgan fingerprint density at radius 3 is 2.27 bits per heavy atom. The van der Waals surface area contributed by atoms with Crippen molar-refractivity contribution >= 4 is 38.1 Å². The normalized spacial score (nSPS) is 15.5. The van der Waals surface area contributed by atoms with Gasteiger partial charge < -0.3 is 4.90 Å². The molecule has 0 amide bonds. The topological polar surface area (TPSA) is 53.5 Å². The Morgan fingerprint density at radius 1 is 1.00 bits per heavy atom. The van der Waals surface area contributed by atoms with Crippen molar-refractivity contribution in [3.8, 4) is 11.3 Å². The molecule has 2 heterocycles. The second-order valence-corrected chi connectivity index (χ2v) is 10.8. The number of sulfonamides is 1. The van der Waals surface area contributed by atoms with Crippen molar-refractivity contribution in [3.63, 3.8) is 0 Å². The molecule has 158 valence electrons. The van der Waals surface area contributed by atoms with Crippen molar-refractivity contribution in [2.24, 2.45) is 0 Å². The summed E-state index contributed by atoms with van der Waals surface area (Å²) in [5, 5.41) is 3.28. The number of piperazine rings is 1. The molecular weight excluding hydrogens is 438 g/mol. The molecule has 5 nitrogen and oxygen atoms in total. The predicted octanol–water partition coefficient (Wildman–Crippen LogP) is 4.90. The van der Waals surface area contributed by atoms with Crippen LogP contribution in [0.5, 0.6) is 0 Å². The highest BCUT2D eigenvalue weighted by atomic mass is 35.5. The number of halogens is 1. The van der Waals surface area contributed by atoms with E-state index in [-0.39, 0.29) is 9.92 Å². The lowest BCUT2D eigenvalue weighted by Crippen LogP contribution is -2.48. The van der Waals surface area contributed by atoms with E-state index in [1.54, 1.807) is 35.6 Å². The van der Waals surface area contributed by atoms with Crippen LogP contribution in [0.3, 0.4) is 0 Å². The third kappa shape index (κ3) is 3.99. The van der Waals surface area contributed by atoms with Crippen LogP contribution in [0, 0.1) is 20.8 Å². The second kappa shape index (κ2) is 8.30. The fourth-order valence-electron chi connectivity index (χ4n) is 4.02. The smallest absolute Gasteiger partial charge is 0.244 e. The lowest BCUT2D eigenvalue weighted by atomic mass is 9.98. The van der Waals surface area contributed by atoms with Crippen molar-refractivity contribution in [1.82, 2.24) is 9.29 Å². The first-order valence-electron chi connectivity index (χ1n) is 9.81. The van der Waals surface area contributed by atoms with Crippen molar-refractivity contribution in [2.45, 2.75) is 25.7 Å². The van der Waals surface area contributed by atoms with Gasteiger partial charge >= 0.3 is 0 Å². The molecule has 1 aliphatic heterocycles. The van der Waals surface area contributed by atoms with Crippen molar-refractivity contribution in [2.75, 3.05) is 31.1 Å². The highest BCUT2D eigenvalue weighted by molar-refractivity contribution is 7.89. The van der Waals surface area contributed by atoms with E-state index in [1.807, 2.05) is 0 Å². The van der Waals surface area contributed by atoms with Gasteiger partial charge in [0.1, 0.15) is 4.90 Å². The molecule has 0 bridgehead atoms. The molecule has 4 rings (SSSR count). The van der Waals surface area contributed by atoms with Gasteiger partial charge in [-0.25, -0.2) is 13.4 Å². The molecule has 0 aliphatic carbocycles. The zero-order valence-corrected chi connectivity index (χ0v) is 19.6. The first kappa shape index (κ1) is 21.3. The number of nitrogens with zero attached hydrogens (tertiary/aromatic N) is 3. The van der Waals surface area contributed by atoms with Crippen LogP contribution in [0.2, 0.25) is 5.02 Å². The van der Waals surface area contributed by atoms with Gasteiger partial charge in [-0.15, -0.1) is 11.3 Å². The first-order valence-corrected chi connectivity index (χ1v) is 12.5. The number of hydrogen-bond acceptors (Lipinski definition) is 5. The van der Waals surface area contributed by atoms with Crippen LogP contribution >= 0.6 is 22.9 Å². The summed E-state index contributed by atoms with van der Waals surface area (Å²) in [6, 6.07) is 11.0. The lowest BCUT2D eigenvalue weighted by Gasteiger charge is -2.33. The number of anilines is 1. The third-order valence-corrected chi connectivity index (χ3v) is 8.69. The summed E-state index contributed by atoms with van der Waals surface area (Å²) in [5.74, 6) is 0. The highest BCUT2D eigenvalue weighted by Gasteiger charge is 2.30. The van der Waals surface area contributed by atoms with Gasteiger partial charge in [0.25, 0.3) is 0 Å². The van der Waals surface area contributed by atoms with Gasteiger partial charge in [0.05, 0.1) is 10.7 Å². The van der Waals surface area contributed by atoms with Crippen molar-refractivity contribution < 1.29 is 8.42 Å².